The van der Waals surface area contributed by atoms with Crippen LogP contribution in [0.25, 0.3) is 0 Å². The number of nitrogens with one attached hydrogen (secondary N) is 3. The van der Waals surface area contributed by atoms with E-state index in [2.05, 4.69) is 32.2 Å². The molecule has 8 heteroatoms. The summed E-state index contributed by atoms with van der Waals surface area (Å²) in [6.45, 7) is 3.33. The third-order valence-corrected chi connectivity index (χ3v) is 3.26. The van der Waals surface area contributed by atoms with Crippen molar-refractivity contribution in [2.24, 2.45) is 4.99 Å². The Hall–Kier alpha value is -1.03. The lowest BCUT2D eigenvalue weighted by Gasteiger charge is -2.11. The maximum atomic E-state index is 11.8. The Kier molecular flexibility index (Phi) is 11.9. The minimum Gasteiger partial charge on any atom is -0.356 e. The second-order valence-corrected chi connectivity index (χ2v) is 5.42. The van der Waals surface area contributed by atoms with Crippen LogP contribution in [0.5, 0.6) is 0 Å². The SMILES string of the molecule is CN=C(NCCSC)NCCC(=O)Nc1ccc(C)cn1.I. The number of carbonyl (C=O) groups excluding carboxylic acids is 1. The Morgan fingerprint density at radius 1 is 1.32 bits per heavy atom. The van der Waals surface area contributed by atoms with E-state index in [0.29, 0.717) is 24.7 Å². The number of amides is 1. The highest BCUT2D eigenvalue weighted by Crippen LogP contribution is 2.03. The summed E-state index contributed by atoms with van der Waals surface area (Å²) in [5, 5.41) is 9.04. The van der Waals surface area contributed by atoms with Crippen molar-refractivity contribution >= 4 is 53.4 Å². The van der Waals surface area contributed by atoms with Gasteiger partial charge in [-0.25, -0.2) is 4.98 Å². The molecule has 0 aromatic carbocycles. The number of carbonyl (C=O) groups is 1. The molecule has 1 rings (SSSR count). The Morgan fingerprint density at radius 3 is 2.64 bits per heavy atom. The van der Waals surface area contributed by atoms with Crippen molar-refractivity contribution in [1.29, 1.82) is 0 Å². The monoisotopic (exact) mass is 437 g/mol. The Morgan fingerprint density at radius 2 is 2.05 bits per heavy atom. The van der Waals surface area contributed by atoms with Crippen molar-refractivity contribution in [2.75, 3.05) is 37.5 Å². The van der Waals surface area contributed by atoms with Gasteiger partial charge in [0, 0.05) is 38.5 Å². The van der Waals surface area contributed by atoms with E-state index in [9.17, 15) is 4.79 Å². The molecule has 124 valence electrons. The predicted octanol–water partition coefficient (Wildman–Crippen LogP) is 1.86. The molecule has 0 saturated carbocycles. The average Bonchev–Trinajstić information content (AvgIpc) is 2.48. The highest BCUT2D eigenvalue weighted by Gasteiger charge is 2.04. The number of hydrogen-bond donors (Lipinski definition) is 3. The van der Waals surface area contributed by atoms with Gasteiger partial charge in [-0.15, -0.1) is 24.0 Å². The van der Waals surface area contributed by atoms with Crippen LogP contribution >= 0.6 is 35.7 Å². The van der Waals surface area contributed by atoms with Gasteiger partial charge in [0.15, 0.2) is 5.96 Å². The number of anilines is 1. The number of aryl methyl sites for hydroxylation is 1. The molecule has 0 radical (unpaired) electrons. The van der Waals surface area contributed by atoms with Gasteiger partial charge >= 0.3 is 0 Å². The van der Waals surface area contributed by atoms with Crippen molar-refractivity contribution in [3.8, 4) is 0 Å². The van der Waals surface area contributed by atoms with Gasteiger partial charge < -0.3 is 16.0 Å². The number of rotatable bonds is 7. The molecule has 0 unspecified atom stereocenters. The standard InChI is InChI=1S/C14H23N5OS.HI/c1-11-4-5-12(18-10-11)19-13(20)6-7-16-14(15-2)17-8-9-21-3;/h4-5,10H,6-9H2,1-3H3,(H2,15,16,17)(H,18,19,20);1H. The quantitative estimate of drug-likeness (QED) is 0.263. The van der Waals surface area contributed by atoms with E-state index in [-0.39, 0.29) is 29.9 Å². The third-order valence-electron chi connectivity index (χ3n) is 2.65. The molecule has 0 saturated heterocycles. The average molecular weight is 437 g/mol. The molecule has 1 amide bonds. The lowest BCUT2D eigenvalue weighted by molar-refractivity contribution is -0.116. The lowest BCUT2D eigenvalue weighted by Crippen LogP contribution is -2.39. The first-order valence-corrected chi connectivity index (χ1v) is 8.21. The molecule has 0 bridgehead atoms. The van der Waals surface area contributed by atoms with Crippen LogP contribution in [0.2, 0.25) is 0 Å². The molecular formula is C14H24IN5OS. The van der Waals surface area contributed by atoms with E-state index in [1.807, 2.05) is 13.0 Å². The van der Waals surface area contributed by atoms with E-state index in [0.717, 1.165) is 17.9 Å². The summed E-state index contributed by atoms with van der Waals surface area (Å²) >= 11 is 1.77. The van der Waals surface area contributed by atoms with Crippen molar-refractivity contribution < 1.29 is 4.79 Å². The minimum absolute atomic E-state index is 0. The second-order valence-electron chi connectivity index (χ2n) is 4.44. The van der Waals surface area contributed by atoms with Gasteiger partial charge in [-0.1, -0.05) is 6.07 Å². The van der Waals surface area contributed by atoms with E-state index in [4.69, 9.17) is 0 Å². The highest BCUT2D eigenvalue weighted by molar-refractivity contribution is 14.0. The number of hydrogen-bond acceptors (Lipinski definition) is 4. The summed E-state index contributed by atoms with van der Waals surface area (Å²) in [6.07, 6.45) is 4.14. The van der Waals surface area contributed by atoms with Gasteiger partial charge in [0.05, 0.1) is 0 Å². The number of aliphatic imine (C=N–C) groups is 1. The lowest BCUT2D eigenvalue weighted by atomic mass is 10.3. The minimum atomic E-state index is -0.0709. The van der Waals surface area contributed by atoms with Gasteiger partial charge in [0.1, 0.15) is 5.82 Å². The molecule has 1 heterocycles. The summed E-state index contributed by atoms with van der Waals surface area (Å²) in [5.74, 6) is 2.23. The molecule has 22 heavy (non-hydrogen) atoms. The van der Waals surface area contributed by atoms with Crippen LogP contribution in [0, 0.1) is 6.92 Å². The molecule has 0 aliphatic heterocycles. The van der Waals surface area contributed by atoms with Crippen LogP contribution in [0.3, 0.4) is 0 Å². The van der Waals surface area contributed by atoms with Crippen molar-refractivity contribution in [3.05, 3.63) is 23.9 Å². The fraction of sp³-hybridized carbons (Fsp3) is 0.500. The number of guanidine groups is 1. The van der Waals surface area contributed by atoms with Crippen molar-refractivity contribution in [2.45, 2.75) is 13.3 Å². The fourth-order valence-electron chi connectivity index (χ4n) is 1.53. The Balaban J connectivity index is 0.00000441. The molecule has 0 spiro atoms. The fourth-order valence-corrected chi connectivity index (χ4v) is 1.84. The summed E-state index contributed by atoms with van der Waals surface area (Å²) in [5.41, 5.74) is 1.06. The zero-order valence-corrected chi connectivity index (χ0v) is 16.3. The number of pyridine rings is 1. The third kappa shape index (κ3) is 9.08. The smallest absolute Gasteiger partial charge is 0.227 e. The first-order valence-electron chi connectivity index (χ1n) is 6.81. The van der Waals surface area contributed by atoms with Crippen LogP contribution in [-0.4, -0.2) is 49.0 Å². The highest BCUT2D eigenvalue weighted by atomic mass is 127. The Labute approximate surface area is 153 Å². The molecule has 0 fully saturated rings. The van der Waals surface area contributed by atoms with E-state index in [1.165, 1.54) is 0 Å². The van der Waals surface area contributed by atoms with Crippen LogP contribution in [0.15, 0.2) is 23.3 Å². The Bertz CT molecular complexity index is 467. The molecular weight excluding hydrogens is 413 g/mol. The zero-order chi connectivity index (χ0) is 15.5. The zero-order valence-electron chi connectivity index (χ0n) is 13.2. The van der Waals surface area contributed by atoms with Gasteiger partial charge in [-0.05, 0) is 24.8 Å². The summed E-state index contributed by atoms with van der Waals surface area (Å²) < 4.78 is 0. The maximum absolute atomic E-state index is 11.8. The number of nitrogens with zero attached hydrogens (tertiary/aromatic N) is 2. The molecule has 1 aromatic heterocycles. The topological polar surface area (TPSA) is 78.4 Å². The number of thioether (sulfide) groups is 1. The number of halogens is 1. The summed E-state index contributed by atoms with van der Waals surface area (Å²) in [6, 6.07) is 3.71. The van der Waals surface area contributed by atoms with Gasteiger partial charge in [-0.2, -0.15) is 11.8 Å². The molecule has 6 nitrogen and oxygen atoms in total. The molecule has 0 atom stereocenters. The van der Waals surface area contributed by atoms with E-state index < -0.39 is 0 Å². The molecule has 0 aliphatic carbocycles. The first-order chi connectivity index (χ1) is 10.2. The first kappa shape index (κ1) is 21.0. The predicted molar refractivity (Wildman–Crippen MR) is 105 cm³/mol. The molecule has 1 aromatic rings. The van der Waals surface area contributed by atoms with Crippen LogP contribution in [0.1, 0.15) is 12.0 Å². The molecule has 0 aliphatic rings. The van der Waals surface area contributed by atoms with Gasteiger partial charge in [0.25, 0.3) is 0 Å². The van der Waals surface area contributed by atoms with Crippen LogP contribution in [0.4, 0.5) is 5.82 Å². The summed E-state index contributed by atoms with van der Waals surface area (Å²) in [4.78, 5) is 20.0. The van der Waals surface area contributed by atoms with Crippen LogP contribution < -0.4 is 16.0 Å². The number of aromatic nitrogens is 1. The van der Waals surface area contributed by atoms with Crippen molar-refractivity contribution in [1.82, 2.24) is 15.6 Å². The maximum Gasteiger partial charge on any atom is 0.227 e. The largest absolute Gasteiger partial charge is 0.356 e. The second kappa shape index (κ2) is 12.5. The van der Waals surface area contributed by atoms with Crippen molar-refractivity contribution in [3.63, 3.8) is 0 Å². The normalized spacial score (nSPS) is 10.6. The van der Waals surface area contributed by atoms with Crippen LogP contribution in [-0.2, 0) is 4.79 Å². The van der Waals surface area contributed by atoms with E-state index in [1.54, 1.807) is 31.1 Å². The molecule has 3 N–H and O–H groups in total. The van der Waals surface area contributed by atoms with Gasteiger partial charge in [-0.3, -0.25) is 9.79 Å². The van der Waals surface area contributed by atoms with E-state index >= 15 is 0 Å². The van der Waals surface area contributed by atoms with Gasteiger partial charge in [0.2, 0.25) is 5.91 Å². The summed E-state index contributed by atoms with van der Waals surface area (Å²) in [7, 11) is 1.71.